The Hall–Kier alpha value is -3.22. The van der Waals surface area contributed by atoms with Gasteiger partial charge in [-0.2, -0.15) is 0 Å². The van der Waals surface area contributed by atoms with Crippen LogP contribution in [0.3, 0.4) is 0 Å². The van der Waals surface area contributed by atoms with Crippen molar-refractivity contribution in [2.24, 2.45) is 5.16 Å². The molecule has 1 fully saturated rings. The molecule has 2 aromatic rings. The largest absolute Gasteiger partial charge is 0.467 e. The molecule has 0 aliphatic carbocycles. The van der Waals surface area contributed by atoms with Crippen LogP contribution in [-0.4, -0.2) is 49.3 Å². The molecule has 7 heteroatoms. The number of amides is 1. The lowest BCUT2D eigenvalue weighted by molar-refractivity contribution is -0.145. The van der Waals surface area contributed by atoms with Gasteiger partial charge < -0.3 is 14.5 Å². The molecule has 140 valence electrons. The summed E-state index contributed by atoms with van der Waals surface area (Å²) in [6.07, 6.45) is 0.263. The number of benzene rings is 2. The van der Waals surface area contributed by atoms with Gasteiger partial charge in [0.2, 0.25) is 0 Å². The number of hydrogen-bond donors (Lipinski definition) is 0. The third kappa shape index (κ3) is 3.81. The topological polar surface area (TPSA) is 68.2 Å². The number of carbonyl (C=O) groups is 2. The zero-order valence-electron chi connectivity index (χ0n) is 15.0. The van der Waals surface area contributed by atoms with Gasteiger partial charge in [-0.1, -0.05) is 35.5 Å². The number of nitrogens with zero attached hydrogens (tertiary/aromatic N) is 2. The van der Waals surface area contributed by atoms with Crippen LogP contribution in [0.4, 0.5) is 4.39 Å². The zero-order chi connectivity index (χ0) is 19.4. The van der Waals surface area contributed by atoms with Crippen LogP contribution < -0.4 is 0 Å². The molecule has 6 nitrogen and oxygen atoms in total. The SMILES string of the molecule is CO/N=C1/C[C@@H](C(=O)OC)N(C(=O)c2ccc(-c3ccccc3F)cc2)C1. The predicted molar refractivity (Wildman–Crippen MR) is 97.7 cm³/mol. The minimum atomic E-state index is -0.748. The summed E-state index contributed by atoms with van der Waals surface area (Å²) in [6.45, 7) is 0.182. The maximum atomic E-state index is 13.9. The number of hydrogen-bond acceptors (Lipinski definition) is 5. The molecular formula is C20H19FN2O4. The van der Waals surface area contributed by atoms with Crippen molar-refractivity contribution >= 4 is 17.6 Å². The molecule has 0 bridgehead atoms. The summed E-state index contributed by atoms with van der Waals surface area (Å²) < 4.78 is 18.7. The normalized spacial score (nSPS) is 17.8. The molecule has 1 amide bonds. The predicted octanol–water partition coefficient (Wildman–Crippen LogP) is 2.88. The first-order valence-corrected chi connectivity index (χ1v) is 8.37. The Balaban J connectivity index is 1.85. The lowest BCUT2D eigenvalue weighted by Gasteiger charge is -2.22. The van der Waals surface area contributed by atoms with Gasteiger partial charge >= 0.3 is 5.97 Å². The van der Waals surface area contributed by atoms with E-state index in [1.54, 1.807) is 42.5 Å². The van der Waals surface area contributed by atoms with Crippen molar-refractivity contribution in [3.8, 4) is 11.1 Å². The molecule has 3 rings (SSSR count). The van der Waals surface area contributed by atoms with Gasteiger partial charge in [-0.3, -0.25) is 4.79 Å². The number of esters is 1. The number of halogens is 1. The Morgan fingerprint density at radius 1 is 1.11 bits per heavy atom. The third-order valence-electron chi connectivity index (χ3n) is 4.43. The summed E-state index contributed by atoms with van der Waals surface area (Å²) >= 11 is 0. The van der Waals surface area contributed by atoms with Crippen LogP contribution in [0.15, 0.2) is 53.7 Å². The van der Waals surface area contributed by atoms with Crippen LogP contribution in [0.5, 0.6) is 0 Å². The van der Waals surface area contributed by atoms with Crippen molar-refractivity contribution < 1.29 is 23.6 Å². The maximum Gasteiger partial charge on any atom is 0.329 e. The Bertz CT molecular complexity index is 880. The van der Waals surface area contributed by atoms with Gasteiger partial charge in [0.15, 0.2) is 0 Å². The molecule has 1 atom stereocenters. The molecule has 0 saturated carbocycles. The second-order valence-electron chi connectivity index (χ2n) is 6.07. The summed E-state index contributed by atoms with van der Waals surface area (Å²) in [5.41, 5.74) is 2.10. The Kier molecular flexibility index (Phi) is 5.49. The van der Waals surface area contributed by atoms with E-state index < -0.39 is 12.0 Å². The third-order valence-corrected chi connectivity index (χ3v) is 4.43. The molecule has 2 aromatic carbocycles. The van der Waals surface area contributed by atoms with E-state index in [4.69, 9.17) is 9.57 Å². The highest BCUT2D eigenvalue weighted by Crippen LogP contribution is 2.25. The summed E-state index contributed by atoms with van der Waals surface area (Å²) in [7, 11) is 2.69. The van der Waals surface area contributed by atoms with Crippen LogP contribution in [0.2, 0.25) is 0 Å². The molecule has 0 aromatic heterocycles. The van der Waals surface area contributed by atoms with Crippen LogP contribution in [0, 0.1) is 5.82 Å². The molecule has 1 aliphatic rings. The minimum absolute atomic E-state index is 0.182. The van der Waals surface area contributed by atoms with E-state index in [1.807, 2.05) is 0 Å². The van der Waals surface area contributed by atoms with Gasteiger partial charge in [-0.15, -0.1) is 0 Å². The monoisotopic (exact) mass is 370 g/mol. The van der Waals surface area contributed by atoms with Crippen molar-refractivity contribution in [2.45, 2.75) is 12.5 Å². The van der Waals surface area contributed by atoms with E-state index in [1.165, 1.54) is 25.2 Å². The highest BCUT2D eigenvalue weighted by Gasteiger charge is 2.39. The summed E-state index contributed by atoms with van der Waals surface area (Å²) in [5.74, 6) is -1.17. The van der Waals surface area contributed by atoms with E-state index >= 15 is 0 Å². The smallest absolute Gasteiger partial charge is 0.329 e. The first-order chi connectivity index (χ1) is 13.0. The Labute approximate surface area is 156 Å². The summed E-state index contributed by atoms with van der Waals surface area (Å²) in [4.78, 5) is 31.1. The van der Waals surface area contributed by atoms with Crippen LogP contribution in [0.25, 0.3) is 11.1 Å². The molecule has 27 heavy (non-hydrogen) atoms. The van der Waals surface area contributed by atoms with Crippen LogP contribution in [0.1, 0.15) is 16.8 Å². The van der Waals surface area contributed by atoms with Gasteiger partial charge in [0.25, 0.3) is 5.91 Å². The number of likely N-dealkylation sites (tertiary alicyclic amines) is 1. The van der Waals surface area contributed by atoms with E-state index in [-0.39, 0.29) is 24.7 Å². The van der Waals surface area contributed by atoms with Crippen LogP contribution >= 0.6 is 0 Å². The van der Waals surface area contributed by atoms with Crippen molar-refractivity contribution in [1.29, 1.82) is 0 Å². The molecule has 1 heterocycles. The fourth-order valence-corrected chi connectivity index (χ4v) is 3.11. The highest BCUT2D eigenvalue weighted by atomic mass is 19.1. The number of oxime groups is 1. The van der Waals surface area contributed by atoms with Gasteiger partial charge in [-0.05, 0) is 23.8 Å². The fourth-order valence-electron chi connectivity index (χ4n) is 3.11. The fraction of sp³-hybridized carbons (Fsp3) is 0.250. The van der Waals surface area contributed by atoms with Gasteiger partial charge in [-0.25, -0.2) is 9.18 Å². The average molecular weight is 370 g/mol. The summed E-state index contributed by atoms with van der Waals surface area (Å²) in [5, 5.41) is 3.85. The number of ether oxygens (including phenoxy) is 1. The molecule has 0 N–H and O–H groups in total. The quantitative estimate of drug-likeness (QED) is 0.613. The van der Waals surface area contributed by atoms with Gasteiger partial charge in [0, 0.05) is 17.5 Å². The lowest BCUT2D eigenvalue weighted by Crippen LogP contribution is -2.41. The average Bonchev–Trinajstić information content (AvgIpc) is 3.11. The zero-order valence-corrected chi connectivity index (χ0v) is 15.0. The Morgan fingerprint density at radius 3 is 2.44 bits per heavy atom. The van der Waals surface area contributed by atoms with E-state index in [9.17, 15) is 14.0 Å². The molecule has 1 aliphatic heterocycles. The first-order valence-electron chi connectivity index (χ1n) is 8.37. The van der Waals surface area contributed by atoms with E-state index in [0.29, 0.717) is 22.4 Å². The number of methoxy groups -OCH3 is 1. The van der Waals surface area contributed by atoms with E-state index in [2.05, 4.69) is 5.16 Å². The van der Waals surface area contributed by atoms with Crippen molar-refractivity contribution in [2.75, 3.05) is 20.8 Å². The second-order valence-corrected chi connectivity index (χ2v) is 6.07. The highest BCUT2D eigenvalue weighted by molar-refractivity contribution is 6.04. The molecular weight excluding hydrogens is 351 g/mol. The lowest BCUT2D eigenvalue weighted by atomic mass is 10.0. The van der Waals surface area contributed by atoms with Crippen molar-refractivity contribution in [1.82, 2.24) is 4.90 Å². The van der Waals surface area contributed by atoms with Crippen molar-refractivity contribution in [3.05, 3.63) is 59.9 Å². The molecule has 0 radical (unpaired) electrons. The molecule has 0 unspecified atom stereocenters. The standard InChI is InChI=1S/C20H19FN2O4/c1-26-20(25)18-11-15(22-27-2)12-23(18)19(24)14-9-7-13(8-10-14)16-5-3-4-6-17(16)21/h3-10,18H,11-12H2,1-2H3/b22-15-/t18-/m0/s1. The van der Waals surface area contributed by atoms with Crippen LogP contribution in [-0.2, 0) is 14.4 Å². The Morgan fingerprint density at radius 2 is 1.81 bits per heavy atom. The second kappa shape index (κ2) is 7.99. The van der Waals surface area contributed by atoms with Gasteiger partial charge in [0.1, 0.15) is 19.0 Å². The first kappa shape index (κ1) is 18.6. The molecule has 1 saturated heterocycles. The molecule has 0 spiro atoms. The number of rotatable bonds is 4. The van der Waals surface area contributed by atoms with E-state index in [0.717, 1.165) is 0 Å². The number of carbonyl (C=O) groups excluding carboxylic acids is 2. The maximum absolute atomic E-state index is 13.9. The summed E-state index contributed by atoms with van der Waals surface area (Å²) in [6, 6.07) is 12.3. The van der Waals surface area contributed by atoms with Gasteiger partial charge in [0.05, 0.1) is 19.4 Å². The minimum Gasteiger partial charge on any atom is -0.467 e. The van der Waals surface area contributed by atoms with Crippen molar-refractivity contribution in [3.63, 3.8) is 0 Å².